The molecule has 4 rings (SSSR count). The van der Waals surface area contributed by atoms with E-state index in [9.17, 15) is 9.90 Å². The number of carbonyl (C=O) groups excluding carboxylic acids is 1. The Labute approximate surface area is 210 Å². The number of amides is 1. The molecule has 1 aliphatic heterocycles. The number of carbonyl (C=O) groups is 1. The minimum Gasteiger partial charge on any atom is -0.365 e. The second-order valence-corrected chi connectivity index (χ2v) is 10.1. The summed E-state index contributed by atoms with van der Waals surface area (Å²) in [6.45, 7) is 0.512. The van der Waals surface area contributed by atoms with E-state index in [4.69, 9.17) is 34.8 Å². The van der Waals surface area contributed by atoms with E-state index in [0.29, 0.717) is 32.6 Å². The maximum absolute atomic E-state index is 13.1. The molecule has 2 aromatic carbocycles. The number of nitrogens with one attached hydrogen (secondary N) is 3. The maximum Gasteiger partial charge on any atom is 0.240 e. The first kappa shape index (κ1) is 23.5. The summed E-state index contributed by atoms with van der Waals surface area (Å²) >= 11 is 21.0. The van der Waals surface area contributed by atoms with Crippen LogP contribution >= 0.6 is 57.4 Å². The number of hydrogen-bond donors (Lipinski definition) is 4. The van der Waals surface area contributed by atoms with E-state index in [1.165, 1.54) is 0 Å². The number of fused-ring (bicyclic) bond motifs is 1. The summed E-state index contributed by atoms with van der Waals surface area (Å²) in [5, 5.41) is 21.5. The second-order valence-electron chi connectivity index (χ2n) is 8.06. The molecule has 1 heterocycles. The van der Waals surface area contributed by atoms with Crippen molar-refractivity contribution in [1.29, 1.82) is 0 Å². The SMILES string of the molecule is O=C1NC[C@H]2[C@@H](c3ccc(Cl)cc3)[C@H](c3ccc(Cl)cc3Cl)CC[C@@]12NC(O)NCI. The van der Waals surface area contributed by atoms with Crippen LogP contribution in [0.3, 0.4) is 0 Å². The molecule has 1 saturated heterocycles. The van der Waals surface area contributed by atoms with Crippen molar-refractivity contribution in [2.24, 2.45) is 5.92 Å². The predicted octanol–water partition coefficient (Wildman–Crippen LogP) is 4.64. The Bertz CT molecular complexity index is 962. The first-order chi connectivity index (χ1) is 14.9. The summed E-state index contributed by atoms with van der Waals surface area (Å²) in [6.07, 6.45) is 0.324. The molecule has 5 nitrogen and oxygen atoms in total. The third kappa shape index (κ3) is 4.58. The van der Waals surface area contributed by atoms with Gasteiger partial charge in [0, 0.05) is 27.5 Å². The van der Waals surface area contributed by atoms with Crippen LogP contribution in [0.1, 0.15) is 35.8 Å². The lowest BCUT2D eigenvalue weighted by Gasteiger charge is -2.47. The van der Waals surface area contributed by atoms with E-state index >= 15 is 0 Å². The van der Waals surface area contributed by atoms with Crippen LogP contribution in [0.4, 0.5) is 0 Å². The van der Waals surface area contributed by atoms with E-state index < -0.39 is 11.9 Å². The lowest BCUT2D eigenvalue weighted by atomic mass is 9.60. The smallest absolute Gasteiger partial charge is 0.240 e. The first-order valence-corrected chi connectivity index (χ1v) is 12.8. The second kappa shape index (κ2) is 9.71. The molecule has 9 heteroatoms. The molecule has 1 saturated carbocycles. The molecule has 2 fully saturated rings. The molecule has 1 aliphatic carbocycles. The minimum atomic E-state index is -0.982. The zero-order valence-electron chi connectivity index (χ0n) is 16.5. The highest BCUT2D eigenvalue weighted by atomic mass is 127. The molecular formula is C22H23Cl3IN3O2. The van der Waals surface area contributed by atoms with Gasteiger partial charge in [0.2, 0.25) is 5.91 Å². The Morgan fingerprint density at radius 3 is 2.55 bits per heavy atom. The van der Waals surface area contributed by atoms with Crippen molar-refractivity contribution in [2.45, 2.75) is 36.6 Å². The van der Waals surface area contributed by atoms with Crippen LogP contribution in [0.25, 0.3) is 0 Å². The number of hydrogen-bond acceptors (Lipinski definition) is 4. The van der Waals surface area contributed by atoms with Gasteiger partial charge in [0.05, 0.1) is 4.55 Å². The molecule has 31 heavy (non-hydrogen) atoms. The summed E-state index contributed by atoms with van der Waals surface area (Å²) in [6, 6.07) is 13.4. The zero-order valence-corrected chi connectivity index (χ0v) is 21.0. The van der Waals surface area contributed by atoms with Gasteiger partial charge < -0.3 is 10.4 Å². The molecule has 0 spiro atoms. The Morgan fingerprint density at radius 1 is 1.16 bits per heavy atom. The van der Waals surface area contributed by atoms with E-state index in [1.54, 1.807) is 6.07 Å². The van der Waals surface area contributed by atoms with Crippen molar-refractivity contribution >= 4 is 63.3 Å². The standard InChI is InChI=1S/C22H23Cl3IN3O2/c23-13-3-1-12(2-4-13)19-16(15-6-5-14(24)9-18(15)25)7-8-22(29-21(31)28-11-26)17(19)10-27-20(22)30/h1-6,9,16-17,19,21,28-29,31H,7-8,10-11H2,(H,27,30)/t16-,17-,19-,21?,22-/m0/s1. The Balaban J connectivity index is 1.79. The van der Waals surface area contributed by atoms with E-state index in [1.807, 2.05) is 36.4 Å². The Morgan fingerprint density at radius 2 is 1.87 bits per heavy atom. The van der Waals surface area contributed by atoms with Crippen molar-refractivity contribution in [1.82, 2.24) is 16.0 Å². The first-order valence-electron chi connectivity index (χ1n) is 10.1. The van der Waals surface area contributed by atoms with Crippen molar-refractivity contribution in [3.05, 3.63) is 68.7 Å². The quantitative estimate of drug-likeness (QED) is 0.170. The zero-order chi connectivity index (χ0) is 22.2. The molecule has 2 aromatic rings. The average Bonchev–Trinajstić information content (AvgIpc) is 3.05. The van der Waals surface area contributed by atoms with Gasteiger partial charge in [0.25, 0.3) is 0 Å². The van der Waals surface area contributed by atoms with Crippen LogP contribution in [0.15, 0.2) is 42.5 Å². The fraction of sp³-hybridized carbons (Fsp3) is 0.409. The molecule has 4 N–H and O–H groups in total. The molecule has 5 atom stereocenters. The number of alkyl halides is 1. The fourth-order valence-corrected chi connectivity index (χ4v) is 6.28. The molecule has 0 radical (unpaired) electrons. The number of aliphatic hydroxyl groups is 1. The number of aliphatic hydroxyl groups excluding tert-OH is 1. The number of rotatable bonds is 6. The maximum atomic E-state index is 13.1. The molecule has 0 bridgehead atoms. The van der Waals surface area contributed by atoms with E-state index in [0.717, 1.165) is 17.5 Å². The molecule has 1 unspecified atom stereocenters. The monoisotopic (exact) mass is 593 g/mol. The Kier molecular flexibility index (Phi) is 7.38. The van der Waals surface area contributed by atoms with Gasteiger partial charge in [-0.2, -0.15) is 0 Å². The van der Waals surface area contributed by atoms with Crippen molar-refractivity contribution in [2.75, 3.05) is 11.1 Å². The molecular weight excluding hydrogens is 572 g/mol. The third-order valence-electron chi connectivity index (χ3n) is 6.52. The summed E-state index contributed by atoms with van der Waals surface area (Å²) in [5.41, 5.74) is 1.23. The molecule has 0 aromatic heterocycles. The van der Waals surface area contributed by atoms with Gasteiger partial charge in [-0.05, 0) is 60.1 Å². The molecule has 2 aliphatic rings. The highest BCUT2D eigenvalue weighted by Crippen LogP contribution is 2.54. The summed E-state index contributed by atoms with van der Waals surface area (Å²) in [5.74, 6) is -0.0834. The van der Waals surface area contributed by atoms with E-state index in [2.05, 4.69) is 38.5 Å². The van der Waals surface area contributed by atoms with Crippen LogP contribution in [0, 0.1) is 5.92 Å². The van der Waals surface area contributed by atoms with E-state index in [-0.39, 0.29) is 23.7 Å². The summed E-state index contributed by atoms with van der Waals surface area (Å²) in [4.78, 5) is 13.1. The number of benzene rings is 2. The van der Waals surface area contributed by atoms with Crippen LogP contribution in [0.5, 0.6) is 0 Å². The van der Waals surface area contributed by atoms with Gasteiger partial charge in [0.1, 0.15) is 5.54 Å². The Hall–Kier alpha value is -0.610. The largest absolute Gasteiger partial charge is 0.365 e. The number of halogens is 4. The van der Waals surface area contributed by atoms with Crippen molar-refractivity contribution in [3.8, 4) is 0 Å². The topological polar surface area (TPSA) is 73.4 Å². The fourth-order valence-electron chi connectivity index (χ4n) is 5.19. The van der Waals surface area contributed by atoms with Gasteiger partial charge in [-0.25, -0.2) is 0 Å². The summed E-state index contributed by atoms with van der Waals surface area (Å²) < 4.78 is 0.553. The van der Waals surface area contributed by atoms with Crippen LogP contribution in [-0.2, 0) is 4.79 Å². The van der Waals surface area contributed by atoms with Crippen molar-refractivity contribution < 1.29 is 9.90 Å². The van der Waals surface area contributed by atoms with Gasteiger partial charge >= 0.3 is 0 Å². The third-order valence-corrected chi connectivity index (χ3v) is 7.77. The molecule has 1 amide bonds. The van der Waals surface area contributed by atoms with Gasteiger partial charge in [-0.15, -0.1) is 0 Å². The summed E-state index contributed by atoms with van der Waals surface area (Å²) in [7, 11) is 0. The van der Waals surface area contributed by atoms with Crippen LogP contribution in [-0.4, -0.2) is 34.0 Å². The van der Waals surface area contributed by atoms with Crippen LogP contribution in [0.2, 0.25) is 15.1 Å². The lowest BCUT2D eigenvalue weighted by Crippen LogP contribution is -2.64. The predicted molar refractivity (Wildman–Crippen MR) is 133 cm³/mol. The normalized spacial score (nSPS) is 28.8. The highest BCUT2D eigenvalue weighted by Gasteiger charge is 2.58. The molecule has 166 valence electrons. The van der Waals surface area contributed by atoms with Crippen molar-refractivity contribution in [3.63, 3.8) is 0 Å². The van der Waals surface area contributed by atoms with Gasteiger partial charge in [-0.3, -0.25) is 15.4 Å². The lowest BCUT2D eigenvalue weighted by molar-refractivity contribution is -0.129. The van der Waals surface area contributed by atoms with Crippen LogP contribution < -0.4 is 16.0 Å². The highest BCUT2D eigenvalue weighted by molar-refractivity contribution is 14.1. The van der Waals surface area contributed by atoms with Gasteiger partial charge in [-0.1, -0.05) is 75.6 Å². The van der Waals surface area contributed by atoms with Gasteiger partial charge in [0.15, 0.2) is 6.35 Å². The minimum absolute atomic E-state index is 0.0112. The average molecular weight is 595 g/mol.